The SMILES string of the molecule is Cc1noc(C)c1CO/N=C(\N)CCC(C)C. The van der Waals surface area contributed by atoms with Gasteiger partial charge in [-0.15, -0.1) is 0 Å². The molecule has 0 aromatic carbocycles. The molecule has 1 aromatic heterocycles. The van der Waals surface area contributed by atoms with Crippen molar-refractivity contribution in [2.45, 2.75) is 47.1 Å². The van der Waals surface area contributed by atoms with E-state index in [1.807, 2.05) is 13.8 Å². The second kappa shape index (κ2) is 6.27. The Morgan fingerprint density at radius 2 is 2.18 bits per heavy atom. The average Bonchev–Trinajstić information content (AvgIpc) is 2.57. The molecule has 0 aliphatic heterocycles. The van der Waals surface area contributed by atoms with E-state index in [4.69, 9.17) is 15.1 Å². The Morgan fingerprint density at radius 1 is 1.47 bits per heavy atom. The van der Waals surface area contributed by atoms with Gasteiger partial charge in [-0.2, -0.15) is 0 Å². The van der Waals surface area contributed by atoms with Crippen LogP contribution in [0.3, 0.4) is 0 Å². The van der Waals surface area contributed by atoms with E-state index in [2.05, 4.69) is 24.2 Å². The van der Waals surface area contributed by atoms with Gasteiger partial charge in [0.25, 0.3) is 0 Å². The zero-order chi connectivity index (χ0) is 12.8. The molecule has 2 N–H and O–H groups in total. The summed E-state index contributed by atoms with van der Waals surface area (Å²) in [5, 5.41) is 7.72. The number of oxime groups is 1. The lowest BCUT2D eigenvalue weighted by Gasteiger charge is -2.04. The molecule has 5 heteroatoms. The van der Waals surface area contributed by atoms with Crippen molar-refractivity contribution in [1.82, 2.24) is 5.16 Å². The minimum absolute atomic E-state index is 0.351. The van der Waals surface area contributed by atoms with Gasteiger partial charge in [-0.1, -0.05) is 24.2 Å². The van der Waals surface area contributed by atoms with Crippen molar-refractivity contribution in [1.29, 1.82) is 0 Å². The van der Waals surface area contributed by atoms with E-state index < -0.39 is 0 Å². The zero-order valence-electron chi connectivity index (χ0n) is 11.0. The summed E-state index contributed by atoms with van der Waals surface area (Å²) in [7, 11) is 0. The molecule has 0 radical (unpaired) electrons. The third-order valence-corrected chi connectivity index (χ3v) is 2.55. The summed E-state index contributed by atoms with van der Waals surface area (Å²) >= 11 is 0. The topological polar surface area (TPSA) is 73.6 Å². The zero-order valence-corrected chi connectivity index (χ0v) is 11.0. The summed E-state index contributed by atoms with van der Waals surface area (Å²) < 4.78 is 5.02. The molecule has 0 fully saturated rings. The number of nitrogens with zero attached hydrogens (tertiary/aromatic N) is 2. The molecule has 0 saturated carbocycles. The number of nitrogens with two attached hydrogens (primary N) is 1. The molecule has 0 saturated heterocycles. The van der Waals surface area contributed by atoms with E-state index >= 15 is 0 Å². The van der Waals surface area contributed by atoms with Gasteiger partial charge < -0.3 is 15.1 Å². The maximum Gasteiger partial charge on any atom is 0.147 e. The van der Waals surface area contributed by atoms with Gasteiger partial charge in [-0.05, 0) is 26.2 Å². The predicted molar refractivity (Wildman–Crippen MR) is 66.5 cm³/mol. The van der Waals surface area contributed by atoms with Crippen LogP contribution in [0.5, 0.6) is 0 Å². The maximum atomic E-state index is 5.72. The van der Waals surface area contributed by atoms with Crippen LogP contribution in [0.25, 0.3) is 0 Å². The molecule has 0 spiro atoms. The standard InChI is InChI=1S/C12H21N3O2/c1-8(2)5-6-12(13)15-16-7-11-9(3)14-17-10(11)4/h8H,5-7H2,1-4H3,(H2,13,15). The number of aryl methyl sites for hydroxylation is 2. The Bertz CT molecular complexity index is 364. The first-order valence-electron chi connectivity index (χ1n) is 5.86. The van der Waals surface area contributed by atoms with E-state index in [0.717, 1.165) is 29.9 Å². The van der Waals surface area contributed by atoms with Gasteiger partial charge in [0.1, 0.15) is 18.2 Å². The number of aromatic nitrogens is 1. The van der Waals surface area contributed by atoms with Crippen molar-refractivity contribution in [2.24, 2.45) is 16.8 Å². The van der Waals surface area contributed by atoms with Crippen LogP contribution in [0.4, 0.5) is 0 Å². The normalized spacial score (nSPS) is 12.2. The Balaban J connectivity index is 2.39. The largest absolute Gasteiger partial charge is 0.389 e. The molecule has 0 aliphatic carbocycles. The van der Waals surface area contributed by atoms with Crippen molar-refractivity contribution < 1.29 is 9.36 Å². The average molecular weight is 239 g/mol. The lowest BCUT2D eigenvalue weighted by atomic mass is 10.1. The van der Waals surface area contributed by atoms with E-state index in [1.165, 1.54) is 0 Å². The third-order valence-electron chi connectivity index (χ3n) is 2.55. The molecule has 5 nitrogen and oxygen atoms in total. The number of hydrogen-bond acceptors (Lipinski definition) is 4. The molecular formula is C12H21N3O2. The van der Waals surface area contributed by atoms with Crippen LogP contribution in [-0.4, -0.2) is 11.0 Å². The summed E-state index contributed by atoms with van der Waals surface area (Å²) in [6.07, 6.45) is 1.78. The lowest BCUT2D eigenvalue weighted by Crippen LogP contribution is -2.13. The monoisotopic (exact) mass is 239 g/mol. The molecule has 96 valence electrons. The molecule has 0 amide bonds. The summed E-state index contributed by atoms with van der Waals surface area (Å²) in [6, 6.07) is 0. The van der Waals surface area contributed by atoms with Gasteiger partial charge >= 0.3 is 0 Å². The highest BCUT2D eigenvalue weighted by atomic mass is 16.6. The van der Waals surface area contributed by atoms with Crippen LogP contribution < -0.4 is 5.73 Å². The molecule has 1 aromatic rings. The highest BCUT2D eigenvalue weighted by molar-refractivity contribution is 5.79. The van der Waals surface area contributed by atoms with Gasteiger partial charge in [0, 0.05) is 6.42 Å². The van der Waals surface area contributed by atoms with Crippen LogP contribution in [-0.2, 0) is 11.4 Å². The minimum atomic E-state index is 0.351. The molecule has 0 aliphatic rings. The minimum Gasteiger partial charge on any atom is -0.389 e. The smallest absolute Gasteiger partial charge is 0.147 e. The molecular weight excluding hydrogens is 218 g/mol. The van der Waals surface area contributed by atoms with E-state index in [0.29, 0.717) is 18.4 Å². The highest BCUT2D eigenvalue weighted by Crippen LogP contribution is 2.13. The first kappa shape index (κ1) is 13.5. The quantitative estimate of drug-likeness (QED) is 0.470. The van der Waals surface area contributed by atoms with Crippen molar-refractivity contribution in [3.63, 3.8) is 0 Å². The summed E-state index contributed by atoms with van der Waals surface area (Å²) in [5.74, 6) is 1.91. The van der Waals surface area contributed by atoms with Gasteiger partial charge in [-0.25, -0.2) is 0 Å². The first-order valence-corrected chi connectivity index (χ1v) is 5.86. The van der Waals surface area contributed by atoms with Gasteiger partial charge in [-0.3, -0.25) is 0 Å². The Labute approximate surface area is 102 Å². The molecule has 1 rings (SSSR count). The number of rotatable bonds is 6. The van der Waals surface area contributed by atoms with Gasteiger partial charge in [0.05, 0.1) is 11.3 Å². The lowest BCUT2D eigenvalue weighted by molar-refractivity contribution is 0.128. The van der Waals surface area contributed by atoms with E-state index in [1.54, 1.807) is 0 Å². The molecule has 0 bridgehead atoms. The summed E-state index contributed by atoms with van der Waals surface area (Å²) in [5.41, 5.74) is 7.49. The fourth-order valence-electron chi connectivity index (χ4n) is 1.37. The van der Waals surface area contributed by atoms with Crippen molar-refractivity contribution in [3.05, 3.63) is 17.0 Å². The summed E-state index contributed by atoms with van der Waals surface area (Å²) in [4.78, 5) is 5.20. The number of amidine groups is 1. The van der Waals surface area contributed by atoms with Crippen LogP contribution in [0, 0.1) is 19.8 Å². The van der Waals surface area contributed by atoms with Gasteiger partial charge in [0.2, 0.25) is 0 Å². The van der Waals surface area contributed by atoms with Crippen molar-refractivity contribution in [3.8, 4) is 0 Å². The maximum absolute atomic E-state index is 5.72. The van der Waals surface area contributed by atoms with Crippen LogP contribution in [0.15, 0.2) is 9.68 Å². The Hall–Kier alpha value is -1.52. The third kappa shape index (κ3) is 4.46. The van der Waals surface area contributed by atoms with E-state index in [-0.39, 0.29) is 0 Å². The Morgan fingerprint density at radius 3 is 2.71 bits per heavy atom. The van der Waals surface area contributed by atoms with Crippen molar-refractivity contribution in [2.75, 3.05) is 0 Å². The van der Waals surface area contributed by atoms with Crippen molar-refractivity contribution >= 4 is 5.84 Å². The van der Waals surface area contributed by atoms with Crippen LogP contribution in [0.2, 0.25) is 0 Å². The van der Waals surface area contributed by atoms with Crippen LogP contribution >= 0.6 is 0 Å². The molecule has 1 heterocycles. The second-order valence-electron chi connectivity index (χ2n) is 4.59. The van der Waals surface area contributed by atoms with Gasteiger partial charge in [0.15, 0.2) is 0 Å². The second-order valence-corrected chi connectivity index (χ2v) is 4.59. The number of hydrogen-bond donors (Lipinski definition) is 1. The van der Waals surface area contributed by atoms with E-state index in [9.17, 15) is 0 Å². The fourth-order valence-corrected chi connectivity index (χ4v) is 1.37. The first-order chi connectivity index (χ1) is 8.00. The predicted octanol–water partition coefficient (Wildman–Crippen LogP) is 2.52. The molecule has 17 heavy (non-hydrogen) atoms. The Kier molecular flexibility index (Phi) is 5.00. The fraction of sp³-hybridized carbons (Fsp3) is 0.667. The van der Waals surface area contributed by atoms with Crippen LogP contribution in [0.1, 0.15) is 43.7 Å². The highest BCUT2D eigenvalue weighted by Gasteiger charge is 2.09. The molecule has 0 unspecified atom stereocenters. The molecule has 0 atom stereocenters. The summed E-state index contributed by atoms with van der Waals surface area (Å²) in [6.45, 7) is 8.38.